The molecule has 0 fully saturated rings. The molecule has 0 aliphatic heterocycles. The zero-order chi connectivity index (χ0) is 11.6. The quantitative estimate of drug-likeness (QED) is 0.898. The van der Waals surface area contributed by atoms with Crippen molar-refractivity contribution in [1.29, 1.82) is 0 Å². The number of hydrogen-bond acceptors (Lipinski definition) is 3. The maximum atomic E-state index is 11.7. The maximum absolute atomic E-state index is 11.7. The van der Waals surface area contributed by atoms with Crippen LogP contribution < -0.4 is 5.32 Å². The Morgan fingerprint density at radius 2 is 2.20 bits per heavy atom. The fourth-order valence-corrected chi connectivity index (χ4v) is 2.17. The molecule has 0 spiro atoms. The van der Waals surface area contributed by atoms with Crippen molar-refractivity contribution in [2.75, 3.05) is 0 Å². The molecule has 1 amide bonds. The molecule has 1 aromatic rings. The molecule has 0 saturated carbocycles. The summed E-state index contributed by atoms with van der Waals surface area (Å²) in [6.45, 7) is 5.12. The number of thiophene rings is 1. The molecule has 0 bridgehead atoms. The Bertz CT molecular complexity index is 357. The first kappa shape index (κ1) is 12.7. The monoisotopic (exact) mass is 291 g/mol. The molecular formula is C10H14BrNO2S. The largest absolute Gasteiger partial charge is 0.388 e. The van der Waals surface area contributed by atoms with Gasteiger partial charge >= 0.3 is 0 Å². The van der Waals surface area contributed by atoms with Gasteiger partial charge in [0.05, 0.1) is 20.3 Å². The van der Waals surface area contributed by atoms with Gasteiger partial charge in [-0.3, -0.25) is 4.79 Å². The lowest BCUT2D eigenvalue weighted by Crippen LogP contribution is -2.46. The molecule has 0 radical (unpaired) electrons. The van der Waals surface area contributed by atoms with Gasteiger partial charge in [-0.2, -0.15) is 0 Å². The predicted molar refractivity (Wildman–Crippen MR) is 65.2 cm³/mol. The van der Waals surface area contributed by atoms with Gasteiger partial charge in [-0.05, 0) is 48.8 Å². The highest BCUT2D eigenvalue weighted by atomic mass is 79.9. The third-order valence-corrected chi connectivity index (χ3v) is 3.83. The molecule has 1 heterocycles. The SMILES string of the molecule is CC(NC(=O)c1ccc(Br)s1)C(C)(C)O. The van der Waals surface area contributed by atoms with Crippen LogP contribution in [-0.2, 0) is 0 Å². The second-order valence-corrected chi connectivity index (χ2v) is 6.42. The van der Waals surface area contributed by atoms with Crippen molar-refractivity contribution in [2.24, 2.45) is 0 Å². The van der Waals surface area contributed by atoms with E-state index in [1.54, 1.807) is 26.8 Å². The first-order valence-electron chi connectivity index (χ1n) is 4.59. The molecule has 2 N–H and O–H groups in total. The number of nitrogens with one attached hydrogen (secondary N) is 1. The van der Waals surface area contributed by atoms with E-state index >= 15 is 0 Å². The highest BCUT2D eigenvalue weighted by Gasteiger charge is 2.24. The summed E-state index contributed by atoms with van der Waals surface area (Å²) in [5.74, 6) is -0.152. The van der Waals surface area contributed by atoms with Crippen LogP contribution in [-0.4, -0.2) is 22.7 Å². The third-order valence-electron chi connectivity index (χ3n) is 2.20. The van der Waals surface area contributed by atoms with Crippen molar-refractivity contribution < 1.29 is 9.90 Å². The number of halogens is 1. The van der Waals surface area contributed by atoms with Crippen LogP contribution in [0.3, 0.4) is 0 Å². The summed E-state index contributed by atoms with van der Waals surface area (Å²) < 4.78 is 0.920. The molecule has 1 unspecified atom stereocenters. The summed E-state index contributed by atoms with van der Waals surface area (Å²) in [7, 11) is 0. The minimum atomic E-state index is -0.913. The molecule has 0 aromatic carbocycles. The average molecular weight is 292 g/mol. The van der Waals surface area contributed by atoms with E-state index in [4.69, 9.17) is 0 Å². The Kier molecular flexibility index (Phi) is 3.92. The van der Waals surface area contributed by atoms with E-state index in [-0.39, 0.29) is 11.9 Å². The fourth-order valence-electron chi connectivity index (χ4n) is 0.881. The number of carbonyl (C=O) groups excluding carboxylic acids is 1. The summed E-state index contributed by atoms with van der Waals surface area (Å²) >= 11 is 4.67. The molecule has 3 nitrogen and oxygen atoms in total. The number of hydrogen-bond donors (Lipinski definition) is 2. The predicted octanol–water partition coefficient (Wildman–Crippen LogP) is 2.40. The van der Waals surface area contributed by atoms with Crippen LogP contribution in [0.25, 0.3) is 0 Å². The summed E-state index contributed by atoms with van der Waals surface area (Å²) in [6, 6.07) is 3.29. The molecule has 0 aliphatic rings. The van der Waals surface area contributed by atoms with Crippen LogP contribution in [0.15, 0.2) is 15.9 Å². The van der Waals surface area contributed by atoms with Crippen molar-refractivity contribution in [3.63, 3.8) is 0 Å². The Hall–Kier alpha value is -0.390. The summed E-state index contributed by atoms with van der Waals surface area (Å²) in [6.07, 6.45) is 0. The first-order chi connectivity index (χ1) is 6.80. The number of carbonyl (C=O) groups is 1. The van der Waals surface area contributed by atoms with E-state index in [9.17, 15) is 9.90 Å². The minimum Gasteiger partial charge on any atom is -0.388 e. The maximum Gasteiger partial charge on any atom is 0.261 e. The van der Waals surface area contributed by atoms with Gasteiger partial charge in [-0.25, -0.2) is 0 Å². The van der Waals surface area contributed by atoms with Crippen LogP contribution in [0, 0.1) is 0 Å². The van der Waals surface area contributed by atoms with Crippen LogP contribution in [0.1, 0.15) is 30.4 Å². The summed E-state index contributed by atoms with van der Waals surface area (Å²) in [4.78, 5) is 12.3. The van der Waals surface area contributed by atoms with E-state index in [2.05, 4.69) is 21.2 Å². The van der Waals surface area contributed by atoms with Gasteiger partial charge in [0.1, 0.15) is 0 Å². The Labute approximate surface area is 102 Å². The van der Waals surface area contributed by atoms with Crippen molar-refractivity contribution in [1.82, 2.24) is 5.32 Å². The normalized spacial score (nSPS) is 13.7. The van der Waals surface area contributed by atoms with E-state index in [1.165, 1.54) is 11.3 Å². The van der Waals surface area contributed by atoms with Crippen LogP contribution in [0.4, 0.5) is 0 Å². The summed E-state index contributed by atoms with van der Waals surface area (Å²) in [5, 5.41) is 12.4. The van der Waals surface area contributed by atoms with Crippen molar-refractivity contribution in [2.45, 2.75) is 32.4 Å². The van der Waals surface area contributed by atoms with Gasteiger partial charge < -0.3 is 10.4 Å². The van der Waals surface area contributed by atoms with Crippen molar-refractivity contribution in [3.8, 4) is 0 Å². The van der Waals surface area contributed by atoms with Gasteiger partial charge in [-0.1, -0.05) is 0 Å². The highest BCUT2D eigenvalue weighted by molar-refractivity contribution is 9.11. The zero-order valence-electron chi connectivity index (χ0n) is 8.87. The fraction of sp³-hybridized carbons (Fsp3) is 0.500. The second-order valence-electron chi connectivity index (χ2n) is 3.95. The van der Waals surface area contributed by atoms with Gasteiger partial charge in [-0.15, -0.1) is 11.3 Å². The molecule has 0 saturated heterocycles. The average Bonchev–Trinajstić information content (AvgIpc) is 2.50. The van der Waals surface area contributed by atoms with Gasteiger partial charge in [0.25, 0.3) is 5.91 Å². The summed E-state index contributed by atoms with van der Waals surface area (Å²) in [5.41, 5.74) is -0.913. The number of rotatable bonds is 3. The number of aliphatic hydroxyl groups is 1. The Morgan fingerprint density at radius 3 is 2.60 bits per heavy atom. The van der Waals surface area contributed by atoms with Crippen molar-refractivity contribution in [3.05, 3.63) is 20.8 Å². The topological polar surface area (TPSA) is 49.3 Å². The van der Waals surface area contributed by atoms with Crippen molar-refractivity contribution >= 4 is 33.2 Å². The third kappa shape index (κ3) is 3.59. The van der Waals surface area contributed by atoms with Gasteiger partial charge in [0.2, 0.25) is 0 Å². The standard InChI is InChI=1S/C10H14BrNO2S/c1-6(10(2,3)14)12-9(13)7-4-5-8(11)15-7/h4-6,14H,1-3H3,(H,12,13). The lowest BCUT2D eigenvalue weighted by atomic mass is 10.0. The van der Waals surface area contributed by atoms with Crippen LogP contribution in [0.2, 0.25) is 0 Å². The highest BCUT2D eigenvalue weighted by Crippen LogP contribution is 2.22. The van der Waals surface area contributed by atoms with Gasteiger partial charge in [0, 0.05) is 0 Å². The van der Waals surface area contributed by atoms with Crippen LogP contribution in [0.5, 0.6) is 0 Å². The van der Waals surface area contributed by atoms with E-state index in [0.29, 0.717) is 4.88 Å². The lowest BCUT2D eigenvalue weighted by molar-refractivity contribution is 0.0410. The molecule has 1 aromatic heterocycles. The molecule has 15 heavy (non-hydrogen) atoms. The molecule has 84 valence electrons. The number of amides is 1. The van der Waals surface area contributed by atoms with Gasteiger partial charge in [0.15, 0.2) is 0 Å². The Morgan fingerprint density at radius 1 is 1.60 bits per heavy atom. The minimum absolute atomic E-state index is 0.152. The van der Waals surface area contributed by atoms with E-state index in [1.807, 2.05) is 6.07 Å². The molecule has 0 aliphatic carbocycles. The van der Waals surface area contributed by atoms with E-state index in [0.717, 1.165) is 3.79 Å². The molecule has 1 rings (SSSR count). The zero-order valence-corrected chi connectivity index (χ0v) is 11.3. The Balaban J connectivity index is 2.64. The van der Waals surface area contributed by atoms with Crippen LogP contribution >= 0.6 is 27.3 Å². The molecule has 1 atom stereocenters. The molecule has 5 heteroatoms. The smallest absolute Gasteiger partial charge is 0.261 e. The molecular weight excluding hydrogens is 278 g/mol. The van der Waals surface area contributed by atoms with E-state index < -0.39 is 5.60 Å². The first-order valence-corrected chi connectivity index (χ1v) is 6.20. The lowest BCUT2D eigenvalue weighted by Gasteiger charge is -2.26. The second kappa shape index (κ2) is 4.63.